The summed E-state index contributed by atoms with van der Waals surface area (Å²) in [6, 6.07) is 17.8. The van der Waals surface area contributed by atoms with Gasteiger partial charge in [-0.3, -0.25) is 15.3 Å². The zero-order valence-electron chi connectivity index (χ0n) is 15.6. The van der Waals surface area contributed by atoms with Crippen LogP contribution >= 0.6 is 0 Å². The van der Waals surface area contributed by atoms with E-state index in [9.17, 15) is 9.59 Å². The third-order valence-electron chi connectivity index (χ3n) is 4.10. The van der Waals surface area contributed by atoms with Crippen molar-refractivity contribution in [2.24, 2.45) is 0 Å². The van der Waals surface area contributed by atoms with Crippen LogP contribution in [0, 0.1) is 0 Å². The molecule has 0 saturated heterocycles. The summed E-state index contributed by atoms with van der Waals surface area (Å²) in [5.41, 5.74) is 3.09. The molecule has 0 saturated carbocycles. The number of benzene rings is 3. The van der Waals surface area contributed by atoms with E-state index in [0.717, 1.165) is 17.3 Å². The van der Waals surface area contributed by atoms with Crippen molar-refractivity contribution < 1.29 is 19.5 Å². The van der Waals surface area contributed by atoms with Gasteiger partial charge in [-0.15, -0.1) is 0 Å². The van der Waals surface area contributed by atoms with Gasteiger partial charge in [0.05, 0.1) is 11.3 Å². The molecule has 0 aliphatic rings. The molecule has 0 aromatic heterocycles. The molecule has 7 nitrogen and oxygen atoms in total. The second-order valence-electron chi connectivity index (χ2n) is 6.58. The fraction of sp³-hybridized carbons (Fsp3) is 0.143. The van der Waals surface area contributed by atoms with Crippen molar-refractivity contribution in [2.75, 3.05) is 19.4 Å². The van der Waals surface area contributed by atoms with Crippen molar-refractivity contribution in [2.45, 2.75) is 6.54 Å². The average Bonchev–Trinajstić information content (AvgIpc) is 2.67. The van der Waals surface area contributed by atoms with Crippen LogP contribution < -0.4 is 15.5 Å². The molecule has 0 radical (unpaired) electrons. The standard InChI is InChI=1S/C21H21N3O4/c1-24(2)13-14-7-8-16-12-17(10-9-15(16)11-14)28-21(26)22-19-6-4-3-5-18(19)20(25)23-27/h3-12,27H,13H2,1-2H3,(H,22,26)(H,23,25). The summed E-state index contributed by atoms with van der Waals surface area (Å²) in [6.07, 6.45) is -0.734. The first-order valence-corrected chi connectivity index (χ1v) is 8.66. The highest BCUT2D eigenvalue weighted by Crippen LogP contribution is 2.23. The molecule has 0 spiro atoms. The minimum atomic E-state index is -0.734. The number of carbonyl (C=O) groups is 2. The number of fused-ring (bicyclic) bond motifs is 1. The topological polar surface area (TPSA) is 90.9 Å². The highest BCUT2D eigenvalue weighted by Gasteiger charge is 2.13. The predicted octanol–water partition coefficient (Wildman–Crippen LogP) is 3.63. The van der Waals surface area contributed by atoms with E-state index in [4.69, 9.17) is 9.94 Å². The maximum atomic E-state index is 12.2. The molecular weight excluding hydrogens is 358 g/mol. The lowest BCUT2D eigenvalue weighted by molar-refractivity contribution is 0.0707. The van der Waals surface area contributed by atoms with Gasteiger partial charge in [-0.2, -0.15) is 0 Å². The lowest BCUT2D eigenvalue weighted by Crippen LogP contribution is -2.23. The van der Waals surface area contributed by atoms with Crippen LogP contribution in [0.15, 0.2) is 60.7 Å². The number of carbonyl (C=O) groups excluding carboxylic acids is 2. The van der Waals surface area contributed by atoms with E-state index in [0.29, 0.717) is 5.75 Å². The minimum absolute atomic E-state index is 0.119. The Hall–Kier alpha value is -3.42. The van der Waals surface area contributed by atoms with Crippen LogP contribution in [-0.2, 0) is 6.54 Å². The number of anilines is 1. The molecule has 7 heteroatoms. The Morgan fingerprint density at radius 1 is 1.00 bits per heavy atom. The number of para-hydroxylation sites is 1. The van der Waals surface area contributed by atoms with Gasteiger partial charge in [-0.1, -0.05) is 30.3 Å². The molecule has 3 N–H and O–H groups in total. The van der Waals surface area contributed by atoms with Gasteiger partial charge in [0, 0.05) is 6.54 Å². The van der Waals surface area contributed by atoms with Crippen LogP contribution in [0.3, 0.4) is 0 Å². The van der Waals surface area contributed by atoms with Crippen molar-refractivity contribution in [3.05, 3.63) is 71.8 Å². The van der Waals surface area contributed by atoms with Crippen molar-refractivity contribution in [3.63, 3.8) is 0 Å². The maximum Gasteiger partial charge on any atom is 0.417 e. The van der Waals surface area contributed by atoms with E-state index in [2.05, 4.69) is 16.3 Å². The Bertz CT molecular complexity index is 1020. The molecule has 0 aliphatic heterocycles. The Labute approximate surface area is 162 Å². The third-order valence-corrected chi connectivity index (χ3v) is 4.10. The zero-order valence-corrected chi connectivity index (χ0v) is 15.6. The summed E-state index contributed by atoms with van der Waals surface area (Å²) >= 11 is 0. The van der Waals surface area contributed by atoms with Crippen LogP contribution in [0.2, 0.25) is 0 Å². The Kier molecular flexibility index (Phi) is 5.88. The second-order valence-corrected chi connectivity index (χ2v) is 6.58. The summed E-state index contributed by atoms with van der Waals surface area (Å²) < 4.78 is 5.34. The molecular formula is C21H21N3O4. The molecule has 28 heavy (non-hydrogen) atoms. The van der Waals surface area contributed by atoms with Crippen molar-refractivity contribution in [3.8, 4) is 5.75 Å². The van der Waals surface area contributed by atoms with Gasteiger partial charge in [0.25, 0.3) is 5.91 Å². The van der Waals surface area contributed by atoms with Gasteiger partial charge < -0.3 is 9.64 Å². The summed E-state index contributed by atoms with van der Waals surface area (Å²) in [5, 5.41) is 13.3. The monoisotopic (exact) mass is 379 g/mol. The van der Waals surface area contributed by atoms with Crippen molar-refractivity contribution in [1.82, 2.24) is 10.4 Å². The van der Waals surface area contributed by atoms with Gasteiger partial charge in [-0.05, 0) is 60.8 Å². The van der Waals surface area contributed by atoms with E-state index in [1.165, 1.54) is 11.6 Å². The average molecular weight is 379 g/mol. The Balaban J connectivity index is 1.74. The van der Waals surface area contributed by atoms with Gasteiger partial charge >= 0.3 is 6.09 Å². The van der Waals surface area contributed by atoms with E-state index >= 15 is 0 Å². The van der Waals surface area contributed by atoms with E-state index < -0.39 is 12.0 Å². The smallest absolute Gasteiger partial charge is 0.410 e. The molecule has 0 heterocycles. The van der Waals surface area contributed by atoms with Crippen molar-refractivity contribution in [1.29, 1.82) is 0 Å². The lowest BCUT2D eigenvalue weighted by atomic mass is 10.1. The molecule has 0 unspecified atom stereocenters. The predicted molar refractivity (Wildman–Crippen MR) is 107 cm³/mol. The highest BCUT2D eigenvalue weighted by atomic mass is 16.6. The third kappa shape index (κ3) is 4.64. The van der Waals surface area contributed by atoms with Gasteiger partial charge in [0.2, 0.25) is 0 Å². The molecule has 0 fully saturated rings. The van der Waals surface area contributed by atoms with Crippen LogP contribution in [-0.4, -0.2) is 36.2 Å². The minimum Gasteiger partial charge on any atom is -0.410 e. The number of ether oxygens (including phenoxy) is 1. The Morgan fingerprint density at radius 3 is 2.46 bits per heavy atom. The van der Waals surface area contributed by atoms with Crippen LogP contribution in [0.5, 0.6) is 5.75 Å². The number of nitrogens with zero attached hydrogens (tertiary/aromatic N) is 1. The normalized spacial score (nSPS) is 10.7. The molecule has 0 bridgehead atoms. The first-order chi connectivity index (χ1) is 13.5. The SMILES string of the molecule is CN(C)Cc1ccc2cc(OC(=O)Nc3ccccc3C(=O)NO)ccc2c1. The number of amides is 2. The lowest BCUT2D eigenvalue weighted by Gasteiger charge is -2.12. The van der Waals surface area contributed by atoms with Gasteiger partial charge in [-0.25, -0.2) is 10.3 Å². The number of nitrogens with one attached hydrogen (secondary N) is 2. The molecule has 3 rings (SSSR count). The summed E-state index contributed by atoms with van der Waals surface area (Å²) in [5.74, 6) is -0.343. The van der Waals surface area contributed by atoms with E-state index in [-0.39, 0.29) is 11.3 Å². The largest absolute Gasteiger partial charge is 0.417 e. The summed E-state index contributed by atoms with van der Waals surface area (Å²) in [6.45, 7) is 0.845. The number of hydrogen-bond acceptors (Lipinski definition) is 5. The van der Waals surface area contributed by atoms with Gasteiger partial charge in [0.1, 0.15) is 5.75 Å². The fourth-order valence-electron chi connectivity index (χ4n) is 2.89. The molecule has 3 aromatic rings. The summed E-state index contributed by atoms with van der Waals surface area (Å²) in [7, 11) is 4.03. The number of hydroxylamine groups is 1. The van der Waals surface area contributed by atoms with Gasteiger partial charge in [0.15, 0.2) is 0 Å². The highest BCUT2D eigenvalue weighted by molar-refractivity contribution is 6.02. The number of hydrogen-bond donors (Lipinski definition) is 3. The summed E-state index contributed by atoms with van der Waals surface area (Å²) in [4.78, 5) is 26.0. The molecule has 2 amide bonds. The molecule has 3 aromatic carbocycles. The first-order valence-electron chi connectivity index (χ1n) is 8.66. The van der Waals surface area contributed by atoms with Crippen molar-refractivity contribution >= 4 is 28.5 Å². The maximum absolute atomic E-state index is 12.2. The quantitative estimate of drug-likeness (QED) is 0.465. The van der Waals surface area contributed by atoms with E-state index in [1.54, 1.807) is 35.8 Å². The fourth-order valence-corrected chi connectivity index (χ4v) is 2.89. The van der Waals surface area contributed by atoms with Crippen LogP contribution in [0.4, 0.5) is 10.5 Å². The second kappa shape index (κ2) is 8.51. The van der Waals surface area contributed by atoms with Crippen LogP contribution in [0.1, 0.15) is 15.9 Å². The zero-order chi connectivity index (χ0) is 20.1. The first kappa shape index (κ1) is 19.3. The van der Waals surface area contributed by atoms with E-state index in [1.807, 2.05) is 32.3 Å². The Morgan fingerprint density at radius 2 is 1.71 bits per heavy atom. The molecule has 0 atom stereocenters. The molecule has 144 valence electrons. The molecule has 0 aliphatic carbocycles. The number of rotatable bonds is 5. The van der Waals surface area contributed by atoms with Crippen LogP contribution in [0.25, 0.3) is 10.8 Å².